The Balaban J connectivity index is 2.51. The zero-order valence-corrected chi connectivity index (χ0v) is 10.4. The molecule has 0 N–H and O–H groups in total. The van der Waals surface area contributed by atoms with Crippen LogP contribution in [-0.2, 0) is 20.7 Å². The van der Waals surface area contributed by atoms with Crippen molar-refractivity contribution in [1.82, 2.24) is 0 Å². The Kier molecular flexibility index (Phi) is 3.76. The molecule has 0 fully saturated rings. The topological polar surface area (TPSA) is 43.4 Å². The monoisotopic (exact) mass is 234 g/mol. The molecule has 0 bridgehead atoms. The third kappa shape index (κ3) is 3.45. The first-order valence-corrected chi connectivity index (χ1v) is 7.27. The Morgan fingerprint density at radius 1 is 1.43 bits per heavy atom. The van der Waals surface area contributed by atoms with Crippen molar-refractivity contribution in [3.05, 3.63) is 22.2 Å². The van der Waals surface area contributed by atoms with Crippen LogP contribution in [0.1, 0.15) is 16.4 Å². The number of aryl methyl sites for hydroxylation is 1. The van der Waals surface area contributed by atoms with Crippen LogP contribution in [0, 0.1) is 13.8 Å². The minimum Gasteiger partial charge on any atom is -0.270 e. The fourth-order valence-electron chi connectivity index (χ4n) is 1.20. The van der Waals surface area contributed by atoms with Gasteiger partial charge in [0.1, 0.15) is 0 Å². The molecule has 0 spiro atoms. The standard InChI is InChI=1S/C9H15O3PS/c1-7-6-13-9(8(7)2)4-5-12-14(3,10)11/h6,13H,4-5H2,1-3H3. The molecule has 0 saturated carbocycles. The van der Waals surface area contributed by atoms with Crippen LogP contribution in [0.25, 0.3) is 0 Å². The highest BCUT2D eigenvalue weighted by atomic mass is 32.2. The van der Waals surface area contributed by atoms with Gasteiger partial charge < -0.3 is 0 Å². The van der Waals surface area contributed by atoms with Crippen molar-refractivity contribution in [3.63, 3.8) is 0 Å². The lowest BCUT2D eigenvalue weighted by molar-refractivity contribution is 0.326. The van der Waals surface area contributed by atoms with Crippen LogP contribution in [0.3, 0.4) is 0 Å². The first kappa shape index (κ1) is 11.8. The molecule has 1 aromatic heterocycles. The molecule has 80 valence electrons. The summed E-state index contributed by atoms with van der Waals surface area (Å²) in [5.41, 5.74) is 2.60. The molecular formula is C9H15O3PS. The Hall–Kier alpha value is -0.310. The number of hydrogen-bond acceptors (Lipinski definition) is 3. The van der Waals surface area contributed by atoms with Crippen molar-refractivity contribution in [2.24, 2.45) is 0 Å². The molecule has 0 aliphatic heterocycles. The van der Waals surface area contributed by atoms with Gasteiger partial charge in [0.2, 0.25) is 0 Å². The third-order valence-electron chi connectivity index (χ3n) is 2.16. The zero-order chi connectivity index (χ0) is 10.8. The smallest absolute Gasteiger partial charge is 0.264 e. The summed E-state index contributed by atoms with van der Waals surface area (Å²) in [7, 11) is -2.59. The first-order chi connectivity index (χ1) is 6.40. The highest BCUT2D eigenvalue weighted by Gasteiger charge is 2.05. The molecule has 1 heterocycles. The van der Waals surface area contributed by atoms with E-state index in [-0.39, 0.29) is 6.61 Å². The third-order valence-corrected chi connectivity index (χ3v) is 4.30. The van der Waals surface area contributed by atoms with Crippen LogP contribution >= 0.6 is 8.19 Å². The predicted octanol–water partition coefficient (Wildman–Crippen LogP) is 1.85. The average Bonchev–Trinajstić information content (AvgIpc) is 2.33. The minimum atomic E-state index is -3.28. The molecule has 0 saturated heterocycles. The van der Waals surface area contributed by atoms with E-state index in [0.29, 0.717) is 14.6 Å². The summed E-state index contributed by atoms with van der Waals surface area (Å²) in [6.45, 7) is 4.41. The second-order valence-electron chi connectivity index (χ2n) is 3.35. The Bertz CT molecular complexity index is 406. The van der Waals surface area contributed by atoms with Gasteiger partial charge >= 0.3 is 0 Å². The first-order valence-electron chi connectivity index (χ1n) is 4.38. The van der Waals surface area contributed by atoms with Gasteiger partial charge in [0.05, 0.1) is 12.9 Å². The lowest BCUT2D eigenvalue weighted by atomic mass is 10.2. The zero-order valence-electron chi connectivity index (χ0n) is 8.62. The van der Waals surface area contributed by atoms with Crippen LogP contribution in [0.15, 0.2) is 5.80 Å². The molecule has 1 unspecified atom stereocenters. The van der Waals surface area contributed by atoms with Crippen molar-refractivity contribution in [2.45, 2.75) is 20.3 Å². The molecule has 1 aromatic rings. The fraction of sp³-hybridized carbons (Fsp3) is 0.556. The highest BCUT2D eigenvalue weighted by molar-refractivity contribution is 7.85. The maximum atomic E-state index is 10.7. The second kappa shape index (κ2) is 4.47. The Morgan fingerprint density at radius 3 is 2.50 bits per heavy atom. The van der Waals surface area contributed by atoms with E-state index < -0.39 is 10.1 Å². The molecule has 0 aromatic carbocycles. The van der Waals surface area contributed by atoms with Crippen LogP contribution in [0.4, 0.5) is 0 Å². The van der Waals surface area contributed by atoms with Gasteiger partial charge in [-0.25, -0.2) is 0 Å². The Labute approximate surface area is 86.7 Å². The molecule has 0 aliphatic rings. The molecule has 1 rings (SSSR count). The second-order valence-corrected chi connectivity index (χ2v) is 6.18. The number of rotatable bonds is 4. The Morgan fingerprint density at radius 2 is 2.07 bits per heavy atom. The molecule has 0 amide bonds. The summed E-state index contributed by atoms with van der Waals surface area (Å²) >= 11 is 0. The summed E-state index contributed by atoms with van der Waals surface area (Å²) in [5, 5.41) is 1.31. The van der Waals surface area contributed by atoms with Crippen LogP contribution in [0.2, 0.25) is 0 Å². The fourth-order valence-corrected chi connectivity index (χ4v) is 2.86. The van der Waals surface area contributed by atoms with E-state index in [0.717, 1.165) is 6.26 Å². The van der Waals surface area contributed by atoms with E-state index >= 15 is 0 Å². The van der Waals surface area contributed by atoms with Crippen molar-refractivity contribution in [2.75, 3.05) is 12.9 Å². The van der Waals surface area contributed by atoms with Crippen molar-refractivity contribution < 1.29 is 12.6 Å². The largest absolute Gasteiger partial charge is 0.270 e. The van der Waals surface area contributed by atoms with Crippen LogP contribution < -0.4 is 0 Å². The van der Waals surface area contributed by atoms with Crippen LogP contribution in [-0.4, -0.2) is 21.3 Å². The van der Waals surface area contributed by atoms with Gasteiger partial charge in [-0.05, 0) is 36.1 Å². The molecule has 1 atom stereocenters. The molecule has 3 nitrogen and oxygen atoms in total. The molecule has 14 heavy (non-hydrogen) atoms. The van der Waals surface area contributed by atoms with E-state index in [2.05, 4.69) is 19.6 Å². The van der Waals surface area contributed by atoms with Crippen molar-refractivity contribution in [1.29, 1.82) is 0 Å². The van der Waals surface area contributed by atoms with Gasteiger partial charge in [-0.15, -0.1) is 8.19 Å². The van der Waals surface area contributed by atoms with E-state index in [1.807, 2.05) is 0 Å². The van der Waals surface area contributed by atoms with Gasteiger partial charge in [0.15, 0.2) is 0 Å². The van der Waals surface area contributed by atoms with Gasteiger partial charge in [-0.3, -0.25) is 4.18 Å². The van der Waals surface area contributed by atoms with Crippen LogP contribution in [0.5, 0.6) is 0 Å². The average molecular weight is 234 g/mol. The lowest BCUT2D eigenvalue weighted by Crippen LogP contribution is -2.05. The van der Waals surface area contributed by atoms with E-state index in [4.69, 9.17) is 4.18 Å². The van der Waals surface area contributed by atoms with Gasteiger partial charge in [0.25, 0.3) is 10.1 Å². The molecule has 5 heteroatoms. The minimum absolute atomic E-state index is 0.264. The summed E-state index contributed by atoms with van der Waals surface area (Å²) < 4.78 is 26.1. The number of hydrogen-bond donors (Lipinski definition) is 0. The molecule has 0 radical (unpaired) electrons. The van der Waals surface area contributed by atoms with Crippen molar-refractivity contribution >= 4 is 18.3 Å². The lowest BCUT2D eigenvalue weighted by Gasteiger charge is -2.01. The van der Waals surface area contributed by atoms with E-state index in [1.54, 1.807) is 0 Å². The van der Waals surface area contributed by atoms with Gasteiger partial charge in [0, 0.05) is 6.42 Å². The normalized spacial score (nSPS) is 12.5. The summed E-state index contributed by atoms with van der Waals surface area (Å²) in [4.78, 5) is 0. The van der Waals surface area contributed by atoms with Crippen molar-refractivity contribution in [3.8, 4) is 0 Å². The quantitative estimate of drug-likeness (QED) is 0.747. The molecular weight excluding hydrogens is 219 g/mol. The summed E-state index contributed by atoms with van der Waals surface area (Å²) in [6, 6.07) is 0. The summed E-state index contributed by atoms with van der Waals surface area (Å²) in [5.74, 6) is 2.19. The van der Waals surface area contributed by atoms with Gasteiger partial charge in [-0.2, -0.15) is 8.42 Å². The van der Waals surface area contributed by atoms with Gasteiger partial charge in [-0.1, -0.05) is 0 Å². The summed E-state index contributed by atoms with van der Waals surface area (Å²) in [6.07, 6.45) is 1.79. The molecule has 0 aliphatic carbocycles. The maximum Gasteiger partial charge on any atom is 0.264 e. The highest BCUT2D eigenvalue weighted by Crippen LogP contribution is 2.25. The predicted molar refractivity (Wildman–Crippen MR) is 59.9 cm³/mol. The van der Waals surface area contributed by atoms with E-state index in [9.17, 15) is 8.42 Å². The van der Waals surface area contributed by atoms with E-state index in [1.165, 1.54) is 16.4 Å². The maximum absolute atomic E-state index is 10.7. The SMILES string of the molecule is Cc1c[pH]c(CCOS(C)(=O)=O)c1C.